The third-order valence-corrected chi connectivity index (χ3v) is 5.17. The zero-order valence-electron chi connectivity index (χ0n) is 14.6. The molecule has 0 radical (unpaired) electrons. The lowest BCUT2D eigenvalue weighted by Crippen LogP contribution is -2.61. The van der Waals surface area contributed by atoms with Crippen molar-refractivity contribution in [2.24, 2.45) is 5.92 Å². The quantitative estimate of drug-likeness (QED) is 0.868. The minimum absolute atomic E-state index is 0.0786. The number of esters is 1. The van der Waals surface area contributed by atoms with Gasteiger partial charge in [-0.3, -0.25) is 4.79 Å². The number of rotatable bonds is 3. The van der Waals surface area contributed by atoms with Crippen molar-refractivity contribution in [1.82, 2.24) is 0 Å². The van der Waals surface area contributed by atoms with Crippen LogP contribution >= 0.6 is 0 Å². The van der Waals surface area contributed by atoms with Crippen molar-refractivity contribution in [3.8, 4) is 0 Å². The Labute approximate surface area is 133 Å². The largest absolute Gasteiger partial charge is 0.468 e. The van der Waals surface area contributed by atoms with Crippen molar-refractivity contribution in [2.75, 3.05) is 7.11 Å². The number of carbonyl (C=O) groups is 1. The molecule has 3 heteroatoms. The molecule has 122 valence electrons. The Morgan fingerprint density at radius 1 is 1.18 bits per heavy atom. The predicted molar refractivity (Wildman–Crippen MR) is 87.9 cm³/mol. The van der Waals surface area contributed by atoms with Gasteiger partial charge in [-0.05, 0) is 35.3 Å². The molecule has 0 saturated heterocycles. The van der Waals surface area contributed by atoms with Gasteiger partial charge >= 0.3 is 5.97 Å². The standard InChI is InChI=1S/C19H28O3/c1-13(2)19(21)11-18(12-19,16(20)22-6)15-9-7-14(8-10-15)17(3,4)5/h7-10,13,21H,11-12H2,1-6H3. The first-order valence-corrected chi connectivity index (χ1v) is 7.97. The first kappa shape index (κ1) is 17.0. The summed E-state index contributed by atoms with van der Waals surface area (Å²) < 4.78 is 5.03. The molecule has 0 atom stereocenters. The zero-order valence-corrected chi connectivity index (χ0v) is 14.6. The van der Waals surface area contributed by atoms with E-state index in [4.69, 9.17) is 4.74 Å². The van der Waals surface area contributed by atoms with Crippen LogP contribution in [0.3, 0.4) is 0 Å². The number of hydrogen-bond acceptors (Lipinski definition) is 3. The molecule has 2 rings (SSSR count). The summed E-state index contributed by atoms with van der Waals surface area (Å²) in [6.07, 6.45) is 0.860. The average molecular weight is 304 g/mol. The van der Waals surface area contributed by atoms with E-state index in [9.17, 15) is 9.90 Å². The molecule has 22 heavy (non-hydrogen) atoms. The summed E-state index contributed by atoms with van der Waals surface area (Å²) in [5.41, 5.74) is 0.767. The highest BCUT2D eigenvalue weighted by atomic mass is 16.5. The van der Waals surface area contributed by atoms with Crippen LogP contribution in [0.5, 0.6) is 0 Å². The molecule has 1 aliphatic rings. The van der Waals surface area contributed by atoms with E-state index in [1.807, 2.05) is 26.0 Å². The SMILES string of the molecule is COC(=O)C1(c2ccc(C(C)(C)C)cc2)CC(O)(C(C)C)C1. The lowest BCUT2D eigenvalue weighted by Gasteiger charge is -2.53. The summed E-state index contributed by atoms with van der Waals surface area (Å²) in [5, 5.41) is 10.6. The molecule has 0 aromatic heterocycles. The monoisotopic (exact) mass is 304 g/mol. The van der Waals surface area contributed by atoms with E-state index in [2.05, 4.69) is 32.9 Å². The van der Waals surface area contributed by atoms with Crippen LogP contribution in [0, 0.1) is 5.92 Å². The fourth-order valence-electron chi connectivity index (χ4n) is 3.35. The van der Waals surface area contributed by atoms with Crippen molar-refractivity contribution in [3.05, 3.63) is 35.4 Å². The Balaban J connectivity index is 2.35. The average Bonchev–Trinajstić information content (AvgIpc) is 2.41. The molecular weight excluding hydrogens is 276 g/mol. The first-order chi connectivity index (χ1) is 10.0. The Kier molecular flexibility index (Phi) is 4.16. The molecule has 3 nitrogen and oxygen atoms in total. The second-order valence-electron chi connectivity index (χ2n) is 8.01. The van der Waals surface area contributed by atoms with Crippen molar-refractivity contribution < 1.29 is 14.6 Å². The number of methoxy groups -OCH3 is 1. The fraction of sp³-hybridized carbons (Fsp3) is 0.632. The van der Waals surface area contributed by atoms with Crippen LogP contribution in [-0.2, 0) is 20.4 Å². The highest BCUT2D eigenvalue weighted by Crippen LogP contribution is 2.54. The molecule has 0 aliphatic heterocycles. The molecule has 1 aliphatic carbocycles. The molecule has 0 bridgehead atoms. The van der Waals surface area contributed by atoms with E-state index in [1.54, 1.807) is 0 Å². The summed E-state index contributed by atoms with van der Waals surface area (Å²) >= 11 is 0. The summed E-state index contributed by atoms with van der Waals surface area (Å²) in [5.74, 6) is -0.125. The van der Waals surface area contributed by atoms with Crippen LogP contribution in [0.1, 0.15) is 58.6 Å². The lowest BCUT2D eigenvalue weighted by molar-refractivity contribution is -0.175. The molecule has 1 saturated carbocycles. The van der Waals surface area contributed by atoms with Crippen molar-refractivity contribution in [1.29, 1.82) is 0 Å². The van der Waals surface area contributed by atoms with Gasteiger partial charge < -0.3 is 9.84 Å². The third-order valence-electron chi connectivity index (χ3n) is 5.17. The van der Waals surface area contributed by atoms with Crippen molar-refractivity contribution in [2.45, 2.75) is 63.9 Å². The van der Waals surface area contributed by atoms with Crippen molar-refractivity contribution in [3.63, 3.8) is 0 Å². The zero-order chi connectivity index (χ0) is 16.8. The lowest BCUT2D eigenvalue weighted by atomic mass is 9.53. The topological polar surface area (TPSA) is 46.5 Å². The maximum absolute atomic E-state index is 12.4. The summed E-state index contributed by atoms with van der Waals surface area (Å²) in [6, 6.07) is 8.17. The van der Waals surface area contributed by atoms with Gasteiger partial charge in [0.1, 0.15) is 0 Å². The van der Waals surface area contributed by atoms with Gasteiger partial charge in [0.25, 0.3) is 0 Å². The molecule has 0 unspecified atom stereocenters. The van der Waals surface area contributed by atoms with Gasteiger partial charge in [-0.2, -0.15) is 0 Å². The number of benzene rings is 1. The second-order valence-corrected chi connectivity index (χ2v) is 8.01. The molecule has 1 aromatic rings. The van der Waals surface area contributed by atoms with E-state index in [-0.39, 0.29) is 17.3 Å². The summed E-state index contributed by atoms with van der Waals surface area (Å²) in [4.78, 5) is 12.4. The second kappa shape index (κ2) is 5.38. The molecule has 0 spiro atoms. The fourth-order valence-corrected chi connectivity index (χ4v) is 3.35. The van der Waals surface area contributed by atoms with Crippen LogP contribution in [0.4, 0.5) is 0 Å². The molecule has 1 aromatic carbocycles. The van der Waals surface area contributed by atoms with Crippen LogP contribution in [0.2, 0.25) is 0 Å². The first-order valence-electron chi connectivity index (χ1n) is 7.97. The van der Waals surface area contributed by atoms with Crippen LogP contribution in [0.25, 0.3) is 0 Å². The number of ether oxygens (including phenoxy) is 1. The minimum Gasteiger partial charge on any atom is -0.468 e. The Morgan fingerprint density at radius 3 is 2.05 bits per heavy atom. The Bertz CT molecular complexity index is 543. The van der Waals surface area contributed by atoms with Gasteiger partial charge in [-0.15, -0.1) is 0 Å². The number of hydrogen-bond donors (Lipinski definition) is 1. The minimum atomic E-state index is -0.781. The number of aliphatic hydroxyl groups is 1. The normalized spacial score (nSPS) is 28.4. The smallest absolute Gasteiger partial charge is 0.316 e. The van der Waals surface area contributed by atoms with Gasteiger partial charge in [0, 0.05) is 0 Å². The maximum atomic E-state index is 12.4. The Morgan fingerprint density at radius 2 is 1.68 bits per heavy atom. The molecular formula is C19H28O3. The summed E-state index contributed by atoms with van der Waals surface area (Å²) in [6.45, 7) is 10.5. The van der Waals surface area contributed by atoms with E-state index in [0.29, 0.717) is 12.8 Å². The van der Waals surface area contributed by atoms with Crippen molar-refractivity contribution >= 4 is 5.97 Å². The van der Waals surface area contributed by atoms with Gasteiger partial charge in [0.15, 0.2) is 0 Å². The van der Waals surface area contributed by atoms with Crippen LogP contribution in [0.15, 0.2) is 24.3 Å². The highest BCUT2D eigenvalue weighted by molar-refractivity contribution is 5.85. The number of carbonyl (C=O) groups excluding carboxylic acids is 1. The van der Waals surface area contributed by atoms with Gasteiger partial charge in [-0.25, -0.2) is 0 Å². The van der Waals surface area contributed by atoms with E-state index < -0.39 is 11.0 Å². The Hall–Kier alpha value is -1.35. The molecule has 1 fully saturated rings. The molecule has 0 heterocycles. The summed E-state index contributed by atoms with van der Waals surface area (Å²) in [7, 11) is 1.42. The maximum Gasteiger partial charge on any atom is 0.316 e. The highest BCUT2D eigenvalue weighted by Gasteiger charge is 2.61. The molecule has 0 amide bonds. The van der Waals surface area contributed by atoms with Crippen LogP contribution in [-0.4, -0.2) is 23.8 Å². The van der Waals surface area contributed by atoms with E-state index in [0.717, 1.165) is 5.56 Å². The van der Waals surface area contributed by atoms with Gasteiger partial charge in [0.2, 0.25) is 0 Å². The van der Waals surface area contributed by atoms with E-state index >= 15 is 0 Å². The van der Waals surface area contributed by atoms with E-state index in [1.165, 1.54) is 12.7 Å². The third kappa shape index (κ3) is 2.67. The molecule has 1 N–H and O–H groups in total. The van der Waals surface area contributed by atoms with Gasteiger partial charge in [0.05, 0.1) is 18.1 Å². The predicted octanol–water partition coefficient (Wildman–Crippen LogP) is 3.58. The van der Waals surface area contributed by atoms with Gasteiger partial charge in [-0.1, -0.05) is 58.9 Å². The van der Waals surface area contributed by atoms with Crippen LogP contribution < -0.4 is 0 Å².